The largest absolute Gasteiger partial charge is 0.494 e. The molecule has 3 saturated heterocycles. The number of hydrogen-bond donors (Lipinski definition) is 3. The first kappa shape index (κ1) is 28.8. The molecule has 3 aliphatic heterocycles. The first-order chi connectivity index (χ1) is 19.2. The summed E-state index contributed by atoms with van der Waals surface area (Å²) in [4.78, 5) is 43.6. The molecule has 3 N–H and O–H groups in total. The number of nitrogens with zero attached hydrogens (tertiary/aromatic N) is 1. The molecule has 5 rings (SSSR count). The fourth-order valence-corrected chi connectivity index (χ4v) is 9.19. The molecule has 2 aromatic rings. The van der Waals surface area contributed by atoms with Crippen LogP contribution in [0.3, 0.4) is 0 Å². The Labute approximate surface area is 244 Å². The summed E-state index contributed by atoms with van der Waals surface area (Å²) in [5.41, 5.74) is 1.25. The Kier molecular flexibility index (Phi) is 8.36. The van der Waals surface area contributed by atoms with E-state index in [9.17, 15) is 19.5 Å². The Balaban J connectivity index is 1.43. The zero-order chi connectivity index (χ0) is 28.5. The number of amides is 3. The van der Waals surface area contributed by atoms with Crippen LogP contribution in [0.2, 0.25) is 5.02 Å². The Hall–Kier alpha value is -2.75. The highest BCUT2D eigenvalue weighted by Gasteiger charge is 2.77. The molecule has 8 nitrogen and oxygen atoms in total. The van der Waals surface area contributed by atoms with Crippen molar-refractivity contribution in [2.45, 2.75) is 61.5 Å². The van der Waals surface area contributed by atoms with E-state index in [0.29, 0.717) is 48.8 Å². The molecule has 0 aromatic heterocycles. The van der Waals surface area contributed by atoms with Gasteiger partial charge in [0.1, 0.15) is 11.8 Å². The van der Waals surface area contributed by atoms with E-state index in [4.69, 9.17) is 16.3 Å². The summed E-state index contributed by atoms with van der Waals surface area (Å²) in [6, 6.07) is 13.4. The lowest BCUT2D eigenvalue weighted by atomic mass is 9.66. The molecule has 1 spiro atoms. The molecular weight excluding hydrogens is 550 g/mol. The van der Waals surface area contributed by atoms with Crippen LogP contribution in [0.5, 0.6) is 5.75 Å². The second-order valence-corrected chi connectivity index (χ2v) is 13.3. The molecular formula is C30H36ClN3O5S. The van der Waals surface area contributed by atoms with E-state index >= 15 is 0 Å². The molecule has 0 radical (unpaired) electrons. The molecule has 2 bridgehead atoms. The molecule has 40 heavy (non-hydrogen) atoms. The molecule has 2 aromatic carbocycles. The van der Waals surface area contributed by atoms with Crippen LogP contribution in [-0.4, -0.2) is 63.0 Å². The molecule has 3 fully saturated rings. The highest BCUT2D eigenvalue weighted by molar-refractivity contribution is 8.02. The van der Waals surface area contributed by atoms with Crippen molar-refractivity contribution < 1.29 is 24.2 Å². The van der Waals surface area contributed by atoms with Crippen LogP contribution in [0.1, 0.15) is 46.0 Å². The number of fused-ring (bicyclic) bond motifs is 1. The molecule has 5 atom stereocenters. The van der Waals surface area contributed by atoms with Gasteiger partial charge in [0.05, 0.1) is 23.2 Å². The van der Waals surface area contributed by atoms with Crippen molar-refractivity contribution in [1.29, 1.82) is 0 Å². The number of unbranched alkanes of at least 4 members (excludes halogenated alkanes) is 2. The second kappa shape index (κ2) is 11.6. The highest BCUT2D eigenvalue weighted by Crippen LogP contribution is 2.71. The van der Waals surface area contributed by atoms with Crippen molar-refractivity contribution in [3.63, 3.8) is 0 Å². The standard InChI is InChI=1S/C30H36ClN3O5S/c1-3-39-22-13-11-21(12-14-22)32-26(36)23-24-28(38)34(17-5-4-6-18-35)25(30(24)16-15-29(23,2)40-30)27(37)33-20-9-7-19(31)8-10-20/h7-14,23-25,35H,3-6,15-18H2,1-2H3,(H,32,36)(H,33,37)/t23-,24+,25?,29+,30?/m1/s1. The van der Waals surface area contributed by atoms with E-state index in [1.54, 1.807) is 53.1 Å². The van der Waals surface area contributed by atoms with Crippen LogP contribution < -0.4 is 15.4 Å². The van der Waals surface area contributed by atoms with Gasteiger partial charge in [0, 0.05) is 34.3 Å². The lowest BCUT2D eigenvalue weighted by molar-refractivity contribution is -0.139. The van der Waals surface area contributed by atoms with Crippen molar-refractivity contribution >= 4 is 52.5 Å². The zero-order valence-electron chi connectivity index (χ0n) is 22.8. The minimum atomic E-state index is -0.704. The topological polar surface area (TPSA) is 108 Å². The van der Waals surface area contributed by atoms with Crippen molar-refractivity contribution in [2.24, 2.45) is 11.8 Å². The van der Waals surface area contributed by atoms with Crippen LogP contribution in [0.25, 0.3) is 0 Å². The number of anilines is 2. The average Bonchev–Trinajstić information content (AvgIpc) is 3.50. The maximum Gasteiger partial charge on any atom is 0.248 e. The maximum absolute atomic E-state index is 14.1. The zero-order valence-corrected chi connectivity index (χ0v) is 24.4. The lowest BCUT2D eigenvalue weighted by Gasteiger charge is -2.34. The van der Waals surface area contributed by atoms with E-state index in [0.717, 1.165) is 18.6 Å². The second-order valence-electron chi connectivity index (χ2n) is 11.0. The monoisotopic (exact) mass is 585 g/mol. The minimum Gasteiger partial charge on any atom is -0.494 e. The summed E-state index contributed by atoms with van der Waals surface area (Å²) in [6.07, 6.45) is 3.48. The van der Waals surface area contributed by atoms with Gasteiger partial charge in [-0.05, 0) is 94.5 Å². The average molecular weight is 586 g/mol. The molecule has 10 heteroatoms. The normalized spacial score (nSPS) is 28.4. The summed E-state index contributed by atoms with van der Waals surface area (Å²) in [6.45, 7) is 5.01. The fraction of sp³-hybridized carbons (Fsp3) is 0.500. The van der Waals surface area contributed by atoms with Gasteiger partial charge in [-0.15, -0.1) is 11.8 Å². The van der Waals surface area contributed by atoms with Crippen LogP contribution in [0.15, 0.2) is 48.5 Å². The Morgan fingerprint density at radius 3 is 2.33 bits per heavy atom. The predicted octanol–water partition coefficient (Wildman–Crippen LogP) is 4.96. The summed E-state index contributed by atoms with van der Waals surface area (Å²) >= 11 is 7.68. The van der Waals surface area contributed by atoms with Gasteiger partial charge < -0.3 is 25.4 Å². The van der Waals surface area contributed by atoms with Crippen LogP contribution in [-0.2, 0) is 14.4 Å². The number of ether oxygens (including phenoxy) is 1. The van der Waals surface area contributed by atoms with E-state index < -0.39 is 27.4 Å². The van der Waals surface area contributed by atoms with Crippen LogP contribution >= 0.6 is 23.4 Å². The number of carbonyl (C=O) groups excluding carboxylic acids is 3. The number of carbonyl (C=O) groups is 3. The third kappa shape index (κ3) is 5.19. The van der Waals surface area contributed by atoms with Crippen molar-refractivity contribution in [1.82, 2.24) is 4.90 Å². The number of aliphatic hydroxyl groups excluding tert-OH is 1. The number of benzene rings is 2. The van der Waals surface area contributed by atoms with E-state index in [1.165, 1.54) is 0 Å². The van der Waals surface area contributed by atoms with Gasteiger partial charge in [-0.3, -0.25) is 14.4 Å². The number of aliphatic hydroxyl groups is 1. The van der Waals surface area contributed by atoms with E-state index in [1.807, 2.05) is 19.1 Å². The number of nitrogens with one attached hydrogen (secondary N) is 2. The van der Waals surface area contributed by atoms with Gasteiger partial charge >= 0.3 is 0 Å². The SMILES string of the molecule is CCOc1ccc(NC(=O)[C@H]2[C@H]3C(=O)N(CCCCCO)C(C(=O)Nc4ccc(Cl)cc4)C34CC[C@]2(C)S4)cc1. The minimum absolute atomic E-state index is 0.0863. The smallest absolute Gasteiger partial charge is 0.248 e. The number of thioether (sulfide) groups is 1. The summed E-state index contributed by atoms with van der Waals surface area (Å²) in [5.74, 6) is -1.03. The first-order valence-electron chi connectivity index (χ1n) is 13.9. The van der Waals surface area contributed by atoms with Crippen LogP contribution in [0, 0.1) is 11.8 Å². The van der Waals surface area contributed by atoms with Gasteiger partial charge in [0.25, 0.3) is 0 Å². The number of halogens is 1. The van der Waals surface area contributed by atoms with E-state index in [2.05, 4.69) is 17.6 Å². The Morgan fingerprint density at radius 1 is 1.02 bits per heavy atom. The number of hydrogen-bond acceptors (Lipinski definition) is 6. The third-order valence-electron chi connectivity index (χ3n) is 8.41. The van der Waals surface area contributed by atoms with Gasteiger partial charge in [-0.2, -0.15) is 0 Å². The van der Waals surface area contributed by atoms with Gasteiger partial charge in [-0.25, -0.2) is 0 Å². The molecule has 0 aliphatic carbocycles. The molecule has 3 amide bonds. The van der Waals surface area contributed by atoms with E-state index in [-0.39, 0.29) is 24.3 Å². The van der Waals surface area contributed by atoms with Gasteiger partial charge in [-0.1, -0.05) is 11.6 Å². The highest BCUT2D eigenvalue weighted by atomic mass is 35.5. The molecule has 2 unspecified atom stereocenters. The molecule has 3 aliphatic rings. The maximum atomic E-state index is 14.1. The number of rotatable bonds is 11. The fourth-order valence-electron chi connectivity index (χ4n) is 6.70. The Morgan fingerprint density at radius 2 is 1.68 bits per heavy atom. The van der Waals surface area contributed by atoms with Gasteiger partial charge in [0.2, 0.25) is 17.7 Å². The lowest BCUT2D eigenvalue weighted by Crippen LogP contribution is -2.51. The summed E-state index contributed by atoms with van der Waals surface area (Å²) < 4.78 is 4.35. The van der Waals surface area contributed by atoms with Crippen molar-refractivity contribution in [3.8, 4) is 5.75 Å². The molecule has 0 saturated carbocycles. The molecule has 3 heterocycles. The Bertz CT molecular complexity index is 1260. The van der Waals surface area contributed by atoms with Crippen LogP contribution in [0.4, 0.5) is 11.4 Å². The summed E-state index contributed by atoms with van der Waals surface area (Å²) in [5, 5.41) is 15.8. The number of likely N-dealkylation sites (tertiary alicyclic amines) is 1. The predicted molar refractivity (Wildman–Crippen MR) is 158 cm³/mol. The van der Waals surface area contributed by atoms with Gasteiger partial charge in [0.15, 0.2) is 0 Å². The van der Waals surface area contributed by atoms with Crippen molar-refractivity contribution in [2.75, 3.05) is 30.4 Å². The quantitative estimate of drug-likeness (QED) is 0.322. The molecule has 214 valence electrons. The summed E-state index contributed by atoms with van der Waals surface area (Å²) in [7, 11) is 0. The first-order valence-corrected chi connectivity index (χ1v) is 15.1. The van der Waals surface area contributed by atoms with Crippen molar-refractivity contribution in [3.05, 3.63) is 53.6 Å². The third-order valence-corrected chi connectivity index (χ3v) is 10.6.